The van der Waals surface area contributed by atoms with Crippen LogP contribution < -0.4 is 20.9 Å². The number of fused-ring (bicyclic) bond motifs is 1. The number of terminal acetylenes is 1. The zero-order valence-electron chi connectivity index (χ0n) is 18.7. The molecule has 5 heterocycles. The summed E-state index contributed by atoms with van der Waals surface area (Å²) in [4.78, 5) is 16.8. The van der Waals surface area contributed by atoms with Crippen LogP contribution in [0.1, 0.15) is 43.7 Å². The van der Waals surface area contributed by atoms with Crippen molar-refractivity contribution in [1.82, 2.24) is 35.4 Å². The van der Waals surface area contributed by atoms with Crippen LogP contribution in [-0.2, 0) is 4.79 Å². The van der Waals surface area contributed by atoms with E-state index >= 15 is 0 Å². The molecule has 3 aromatic rings. The van der Waals surface area contributed by atoms with Crippen LogP contribution in [0.15, 0.2) is 24.4 Å². The first-order valence-corrected chi connectivity index (χ1v) is 11.5. The van der Waals surface area contributed by atoms with E-state index in [4.69, 9.17) is 4.98 Å². The second-order valence-electron chi connectivity index (χ2n) is 8.37. The van der Waals surface area contributed by atoms with E-state index < -0.39 is 0 Å². The summed E-state index contributed by atoms with van der Waals surface area (Å²) in [6.45, 7) is 4.02. The quantitative estimate of drug-likeness (QED) is 0.336. The van der Waals surface area contributed by atoms with E-state index in [0.717, 1.165) is 62.1 Å². The highest BCUT2D eigenvalue weighted by molar-refractivity contribution is 5.73. The fraction of sp³-hybridized carbons (Fsp3) is 0.478. The van der Waals surface area contributed by atoms with Crippen molar-refractivity contribution in [3.63, 3.8) is 0 Å². The van der Waals surface area contributed by atoms with Gasteiger partial charge in [0.2, 0.25) is 12.4 Å². The molecule has 10 nitrogen and oxygen atoms in total. The number of nitrogens with one attached hydrogen (secondary N) is 4. The molecule has 4 N–H and O–H groups in total. The first-order valence-electron chi connectivity index (χ1n) is 11.5. The molecule has 10 heteroatoms. The number of hydrogen-bond donors (Lipinski definition) is 4. The Hall–Kier alpha value is -3.58. The number of nitrogens with zero attached hydrogens (tertiary/aromatic N) is 5. The first kappa shape index (κ1) is 22.6. The van der Waals surface area contributed by atoms with Crippen molar-refractivity contribution in [3.8, 4) is 12.8 Å². The molecule has 0 spiro atoms. The molecular formula is C23H31N9O. The van der Waals surface area contributed by atoms with Gasteiger partial charge in [-0.1, -0.05) is 0 Å². The second kappa shape index (κ2) is 10.8. The van der Waals surface area contributed by atoms with Crippen LogP contribution in [0.2, 0.25) is 0 Å². The van der Waals surface area contributed by atoms with Crippen LogP contribution in [0.5, 0.6) is 0 Å². The second-order valence-corrected chi connectivity index (χ2v) is 8.37. The van der Waals surface area contributed by atoms with Gasteiger partial charge in [0.25, 0.3) is 0 Å². The fourth-order valence-electron chi connectivity index (χ4n) is 4.08. The highest BCUT2D eigenvalue weighted by Crippen LogP contribution is 2.39. The number of amides is 1. The van der Waals surface area contributed by atoms with Crippen LogP contribution in [0, 0.1) is 12.8 Å². The van der Waals surface area contributed by atoms with Gasteiger partial charge in [-0.2, -0.15) is 10.1 Å². The summed E-state index contributed by atoms with van der Waals surface area (Å²) in [5.41, 5.74) is 2.18. The van der Waals surface area contributed by atoms with Gasteiger partial charge >= 0.3 is 0 Å². The molecule has 174 valence electrons. The molecule has 2 aliphatic heterocycles. The Labute approximate surface area is 193 Å². The van der Waals surface area contributed by atoms with Crippen molar-refractivity contribution in [1.29, 1.82) is 0 Å². The van der Waals surface area contributed by atoms with Gasteiger partial charge in [0.1, 0.15) is 5.52 Å². The molecule has 3 fully saturated rings. The van der Waals surface area contributed by atoms with E-state index in [2.05, 4.69) is 55.1 Å². The molecule has 1 atom stereocenters. The Balaban J connectivity index is 0.000000220. The summed E-state index contributed by atoms with van der Waals surface area (Å²) in [7, 11) is 0. The molecule has 33 heavy (non-hydrogen) atoms. The van der Waals surface area contributed by atoms with E-state index in [0.29, 0.717) is 12.0 Å². The molecule has 6 rings (SSSR count). The van der Waals surface area contributed by atoms with Crippen molar-refractivity contribution >= 4 is 29.5 Å². The van der Waals surface area contributed by atoms with Gasteiger partial charge in [0.05, 0.1) is 0 Å². The maximum atomic E-state index is 9.82. The lowest BCUT2D eigenvalue weighted by Crippen LogP contribution is -2.29. The Morgan fingerprint density at radius 2 is 2.00 bits per heavy atom. The lowest BCUT2D eigenvalue weighted by Gasteiger charge is -2.16. The SMILES string of the molecule is C#C.O=CN[C@@H]1CCNC1.c1cc2c(Nc3cc(C4CC4)[nH]n3)nc(N3CCCC3)nn2c1. The molecule has 0 radical (unpaired) electrons. The molecule has 0 bridgehead atoms. The third-order valence-electron chi connectivity index (χ3n) is 5.99. The minimum Gasteiger partial charge on any atom is -0.355 e. The highest BCUT2D eigenvalue weighted by Gasteiger charge is 2.26. The minimum absolute atomic E-state index is 0.382. The summed E-state index contributed by atoms with van der Waals surface area (Å²) in [5.74, 6) is 3.07. The van der Waals surface area contributed by atoms with Crippen molar-refractivity contribution < 1.29 is 4.79 Å². The van der Waals surface area contributed by atoms with Crippen LogP contribution in [0.3, 0.4) is 0 Å². The minimum atomic E-state index is 0.382. The van der Waals surface area contributed by atoms with E-state index in [9.17, 15) is 4.79 Å². The summed E-state index contributed by atoms with van der Waals surface area (Å²) in [5, 5.41) is 21.3. The van der Waals surface area contributed by atoms with E-state index in [1.807, 2.05) is 22.8 Å². The number of carbonyl (C=O) groups is 1. The summed E-state index contributed by atoms with van der Waals surface area (Å²) in [6.07, 6.45) is 16.7. The number of H-pyrrole nitrogens is 1. The van der Waals surface area contributed by atoms with Gasteiger partial charge in [-0.05, 0) is 50.8 Å². The van der Waals surface area contributed by atoms with Gasteiger partial charge in [-0.15, -0.1) is 17.9 Å². The maximum Gasteiger partial charge on any atom is 0.245 e. The predicted octanol–water partition coefficient (Wildman–Crippen LogP) is 2.02. The van der Waals surface area contributed by atoms with E-state index in [1.54, 1.807) is 0 Å². The Morgan fingerprint density at radius 1 is 1.18 bits per heavy atom. The maximum absolute atomic E-state index is 9.82. The highest BCUT2D eigenvalue weighted by atomic mass is 16.1. The molecule has 1 amide bonds. The number of hydrogen-bond acceptors (Lipinski definition) is 7. The molecule has 2 saturated heterocycles. The number of carbonyl (C=O) groups excluding carboxylic acids is 1. The Bertz CT molecular complexity index is 1060. The topological polar surface area (TPSA) is 115 Å². The average molecular weight is 450 g/mol. The van der Waals surface area contributed by atoms with Crippen molar-refractivity contribution in [2.24, 2.45) is 0 Å². The normalized spacial score (nSPS) is 19.3. The Kier molecular flexibility index (Phi) is 7.42. The predicted molar refractivity (Wildman–Crippen MR) is 129 cm³/mol. The third-order valence-corrected chi connectivity index (χ3v) is 5.99. The molecular weight excluding hydrogens is 418 g/mol. The molecule has 3 aliphatic rings. The number of rotatable bonds is 6. The van der Waals surface area contributed by atoms with Gasteiger partial charge in [0.15, 0.2) is 11.6 Å². The van der Waals surface area contributed by atoms with Gasteiger partial charge in [0, 0.05) is 49.6 Å². The van der Waals surface area contributed by atoms with Gasteiger partial charge < -0.3 is 20.9 Å². The molecule has 0 aromatic carbocycles. The summed E-state index contributed by atoms with van der Waals surface area (Å²) < 4.78 is 1.89. The van der Waals surface area contributed by atoms with E-state index in [1.165, 1.54) is 31.4 Å². The lowest BCUT2D eigenvalue weighted by molar-refractivity contribution is -0.110. The van der Waals surface area contributed by atoms with Crippen LogP contribution in [-0.4, -0.2) is 63.4 Å². The molecule has 0 unspecified atom stereocenters. The third kappa shape index (κ3) is 5.62. The number of aromatic nitrogens is 5. The van der Waals surface area contributed by atoms with Crippen LogP contribution in [0.25, 0.3) is 5.52 Å². The van der Waals surface area contributed by atoms with Gasteiger partial charge in [-0.3, -0.25) is 9.89 Å². The standard InChI is InChI=1S/C16H19N7.C5H10N2O.C2H2/c1-2-8-22(7-1)16-18-15(13-4-3-9-23(13)21-16)17-14-10-12(19-20-14)11-5-6-11;8-4-7-5-1-2-6-3-5;1-2/h3-4,9-11H,1-2,5-8H2,(H2,17,18,19,20,21);4-6H,1-3H2,(H,7,8);1-2H/t;5-;/m.1./s1. The van der Waals surface area contributed by atoms with Crippen molar-refractivity contribution in [2.75, 3.05) is 36.4 Å². The van der Waals surface area contributed by atoms with Crippen LogP contribution in [0.4, 0.5) is 17.6 Å². The molecule has 1 saturated carbocycles. The summed E-state index contributed by atoms with van der Waals surface area (Å²) in [6, 6.07) is 6.48. The lowest BCUT2D eigenvalue weighted by atomic mass is 10.3. The fourth-order valence-corrected chi connectivity index (χ4v) is 4.08. The summed E-state index contributed by atoms with van der Waals surface area (Å²) >= 11 is 0. The number of aromatic amines is 1. The monoisotopic (exact) mass is 449 g/mol. The zero-order chi connectivity index (χ0) is 23.0. The first-order chi connectivity index (χ1) is 16.3. The average Bonchev–Trinajstić information content (AvgIpc) is 3.37. The molecule has 1 aliphatic carbocycles. The zero-order valence-corrected chi connectivity index (χ0v) is 18.7. The van der Waals surface area contributed by atoms with Crippen LogP contribution >= 0.6 is 0 Å². The number of anilines is 3. The Morgan fingerprint density at radius 3 is 2.70 bits per heavy atom. The van der Waals surface area contributed by atoms with E-state index in [-0.39, 0.29) is 0 Å². The smallest absolute Gasteiger partial charge is 0.245 e. The largest absolute Gasteiger partial charge is 0.355 e. The molecule has 3 aromatic heterocycles. The van der Waals surface area contributed by atoms with Crippen molar-refractivity contribution in [2.45, 2.75) is 44.1 Å². The van der Waals surface area contributed by atoms with Crippen molar-refractivity contribution in [3.05, 3.63) is 30.1 Å². The van der Waals surface area contributed by atoms with Gasteiger partial charge in [-0.25, -0.2) is 4.52 Å².